The maximum absolute atomic E-state index is 12.4. The number of hydrogen-bond acceptors (Lipinski definition) is 3. The van der Waals surface area contributed by atoms with Crippen molar-refractivity contribution in [2.45, 2.75) is 52.6 Å². The molecule has 1 aromatic rings. The van der Waals surface area contributed by atoms with E-state index in [1.165, 1.54) is 15.3 Å². The number of rotatable bonds is 5. The van der Waals surface area contributed by atoms with Crippen molar-refractivity contribution in [3.8, 4) is 0 Å². The molecule has 1 N–H and O–H groups in total. The first-order chi connectivity index (χ1) is 9.11. The van der Waals surface area contributed by atoms with E-state index in [1.807, 2.05) is 16.2 Å². The lowest BCUT2D eigenvalue weighted by Gasteiger charge is -2.32. The standard InChI is InChI=1S/C15H24N2OS/c1-4-7-16-14-6-5-8-17(15(14)18)10-13-9-11(2)12(3)19-13/h9,14,16H,4-8,10H2,1-3H3. The number of thiophene rings is 1. The molecule has 1 saturated heterocycles. The summed E-state index contributed by atoms with van der Waals surface area (Å²) in [7, 11) is 0. The van der Waals surface area contributed by atoms with E-state index >= 15 is 0 Å². The number of nitrogens with one attached hydrogen (secondary N) is 1. The van der Waals surface area contributed by atoms with Gasteiger partial charge in [-0.2, -0.15) is 0 Å². The van der Waals surface area contributed by atoms with Crippen LogP contribution in [0.2, 0.25) is 0 Å². The van der Waals surface area contributed by atoms with E-state index < -0.39 is 0 Å². The third-order valence-electron chi connectivity index (χ3n) is 3.74. The molecule has 1 atom stereocenters. The summed E-state index contributed by atoms with van der Waals surface area (Å²) in [6.07, 6.45) is 3.17. The second kappa shape index (κ2) is 6.53. The van der Waals surface area contributed by atoms with Crippen LogP contribution < -0.4 is 5.32 Å². The molecule has 4 heteroatoms. The van der Waals surface area contributed by atoms with Crippen molar-refractivity contribution in [2.24, 2.45) is 0 Å². The second-order valence-corrected chi connectivity index (χ2v) is 6.70. The molecule has 0 radical (unpaired) electrons. The highest BCUT2D eigenvalue weighted by molar-refractivity contribution is 7.12. The molecule has 0 aliphatic carbocycles. The smallest absolute Gasteiger partial charge is 0.240 e. The Balaban J connectivity index is 1.97. The minimum atomic E-state index is 0.0378. The molecule has 106 valence electrons. The Morgan fingerprint density at radius 1 is 1.47 bits per heavy atom. The highest BCUT2D eigenvalue weighted by atomic mass is 32.1. The lowest BCUT2D eigenvalue weighted by Crippen LogP contribution is -2.50. The van der Waals surface area contributed by atoms with Gasteiger partial charge in [0.1, 0.15) is 0 Å². The zero-order valence-corrected chi connectivity index (χ0v) is 13.0. The Morgan fingerprint density at radius 3 is 2.89 bits per heavy atom. The van der Waals surface area contributed by atoms with Crippen molar-refractivity contribution >= 4 is 17.2 Å². The molecule has 1 aromatic heterocycles. The number of nitrogens with zero attached hydrogens (tertiary/aromatic N) is 1. The van der Waals surface area contributed by atoms with Crippen LogP contribution in [0.1, 0.15) is 41.5 Å². The first kappa shape index (κ1) is 14.5. The van der Waals surface area contributed by atoms with Crippen LogP contribution in [0.25, 0.3) is 0 Å². The van der Waals surface area contributed by atoms with Crippen LogP contribution in [0.4, 0.5) is 0 Å². The number of hydrogen-bond donors (Lipinski definition) is 1. The Hall–Kier alpha value is -0.870. The lowest BCUT2D eigenvalue weighted by atomic mass is 10.0. The molecule has 0 spiro atoms. The van der Waals surface area contributed by atoms with Gasteiger partial charge in [0.25, 0.3) is 0 Å². The number of amides is 1. The molecule has 0 saturated carbocycles. The van der Waals surface area contributed by atoms with Crippen LogP contribution in [0, 0.1) is 13.8 Å². The number of carbonyl (C=O) groups is 1. The van der Waals surface area contributed by atoms with Crippen molar-refractivity contribution < 1.29 is 4.79 Å². The van der Waals surface area contributed by atoms with E-state index in [1.54, 1.807) is 0 Å². The Bertz CT molecular complexity index is 422. The van der Waals surface area contributed by atoms with E-state index in [9.17, 15) is 4.79 Å². The highest BCUT2D eigenvalue weighted by Gasteiger charge is 2.28. The zero-order valence-electron chi connectivity index (χ0n) is 12.2. The van der Waals surface area contributed by atoms with Crippen molar-refractivity contribution in [3.05, 3.63) is 21.4 Å². The molecule has 1 aliphatic heterocycles. The number of carbonyl (C=O) groups excluding carboxylic acids is 1. The fourth-order valence-electron chi connectivity index (χ4n) is 2.52. The summed E-state index contributed by atoms with van der Waals surface area (Å²) >= 11 is 1.81. The van der Waals surface area contributed by atoms with Gasteiger partial charge < -0.3 is 10.2 Å². The summed E-state index contributed by atoms with van der Waals surface area (Å²) in [5.74, 6) is 0.281. The number of likely N-dealkylation sites (tertiary alicyclic amines) is 1. The van der Waals surface area contributed by atoms with Gasteiger partial charge in [-0.15, -0.1) is 11.3 Å². The monoisotopic (exact) mass is 280 g/mol. The minimum absolute atomic E-state index is 0.0378. The molecule has 1 aliphatic rings. The Labute approximate surface area is 120 Å². The molecule has 0 bridgehead atoms. The summed E-state index contributed by atoms with van der Waals surface area (Å²) in [6.45, 7) is 9.03. The predicted molar refractivity (Wildman–Crippen MR) is 80.5 cm³/mol. The molecule has 3 nitrogen and oxygen atoms in total. The molecule has 19 heavy (non-hydrogen) atoms. The minimum Gasteiger partial charge on any atom is -0.336 e. The SMILES string of the molecule is CCCNC1CCCN(Cc2cc(C)c(C)s2)C1=O. The zero-order chi connectivity index (χ0) is 13.8. The van der Waals surface area contributed by atoms with Crippen LogP contribution in [0.5, 0.6) is 0 Å². The quantitative estimate of drug-likeness (QED) is 0.899. The van der Waals surface area contributed by atoms with Gasteiger partial charge >= 0.3 is 0 Å². The van der Waals surface area contributed by atoms with Gasteiger partial charge in [-0.1, -0.05) is 6.92 Å². The average Bonchev–Trinajstić information content (AvgIpc) is 2.69. The van der Waals surface area contributed by atoms with Gasteiger partial charge in [-0.3, -0.25) is 4.79 Å². The highest BCUT2D eigenvalue weighted by Crippen LogP contribution is 2.23. The van der Waals surface area contributed by atoms with Gasteiger partial charge in [-0.25, -0.2) is 0 Å². The van der Waals surface area contributed by atoms with Gasteiger partial charge in [0.2, 0.25) is 5.91 Å². The van der Waals surface area contributed by atoms with E-state index in [0.29, 0.717) is 0 Å². The van der Waals surface area contributed by atoms with Gasteiger partial charge in [0.15, 0.2) is 0 Å². The van der Waals surface area contributed by atoms with Crippen LogP contribution >= 0.6 is 11.3 Å². The second-order valence-electron chi connectivity index (χ2n) is 5.36. The third-order valence-corrected chi connectivity index (χ3v) is 4.87. The molecule has 2 rings (SSSR count). The van der Waals surface area contributed by atoms with E-state index in [0.717, 1.165) is 38.9 Å². The Kier molecular flexibility index (Phi) is 4.99. The van der Waals surface area contributed by atoms with Crippen molar-refractivity contribution in [2.75, 3.05) is 13.1 Å². The van der Waals surface area contributed by atoms with Crippen LogP contribution in [0.15, 0.2) is 6.07 Å². The van der Waals surface area contributed by atoms with E-state index in [-0.39, 0.29) is 11.9 Å². The van der Waals surface area contributed by atoms with Crippen molar-refractivity contribution in [1.82, 2.24) is 10.2 Å². The normalized spacial score (nSPS) is 20.1. The van der Waals surface area contributed by atoms with Crippen LogP contribution in [-0.4, -0.2) is 29.9 Å². The molecule has 1 amide bonds. The number of piperidine rings is 1. The summed E-state index contributed by atoms with van der Waals surface area (Å²) in [6, 6.07) is 2.26. The first-order valence-corrected chi connectivity index (χ1v) is 8.01. The number of aryl methyl sites for hydroxylation is 2. The fourth-order valence-corrected chi connectivity index (χ4v) is 3.59. The molecular formula is C15H24N2OS. The molecular weight excluding hydrogens is 256 g/mol. The lowest BCUT2D eigenvalue weighted by molar-refractivity contribution is -0.136. The summed E-state index contributed by atoms with van der Waals surface area (Å²) in [4.78, 5) is 17.1. The Morgan fingerprint density at radius 2 is 2.26 bits per heavy atom. The maximum atomic E-state index is 12.4. The van der Waals surface area contributed by atoms with Gasteiger partial charge in [0.05, 0.1) is 12.6 Å². The topological polar surface area (TPSA) is 32.3 Å². The molecule has 2 heterocycles. The van der Waals surface area contributed by atoms with Gasteiger partial charge in [-0.05, 0) is 51.3 Å². The van der Waals surface area contributed by atoms with Crippen molar-refractivity contribution in [1.29, 1.82) is 0 Å². The first-order valence-electron chi connectivity index (χ1n) is 7.20. The van der Waals surface area contributed by atoms with Crippen molar-refractivity contribution in [3.63, 3.8) is 0 Å². The maximum Gasteiger partial charge on any atom is 0.240 e. The summed E-state index contributed by atoms with van der Waals surface area (Å²) in [5, 5.41) is 3.37. The van der Waals surface area contributed by atoms with Crippen LogP contribution in [0.3, 0.4) is 0 Å². The largest absolute Gasteiger partial charge is 0.336 e. The van der Waals surface area contributed by atoms with Gasteiger partial charge in [0, 0.05) is 16.3 Å². The predicted octanol–water partition coefficient (Wildman–Crippen LogP) is 2.86. The molecule has 0 aromatic carbocycles. The third kappa shape index (κ3) is 3.57. The fraction of sp³-hybridized carbons (Fsp3) is 0.667. The van der Waals surface area contributed by atoms with Crippen LogP contribution in [-0.2, 0) is 11.3 Å². The molecule has 1 fully saturated rings. The summed E-state index contributed by atoms with van der Waals surface area (Å²) in [5.41, 5.74) is 1.34. The summed E-state index contributed by atoms with van der Waals surface area (Å²) < 4.78 is 0. The van der Waals surface area contributed by atoms with E-state index in [2.05, 4.69) is 32.2 Å². The van der Waals surface area contributed by atoms with E-state index in [4.69, 9.17) is 0 Å². The average molecular weight is 280 g/mol. The molecule has 1 unspecified atom stereocenters.